The van der Waals surface area contributed by atoms with E-state index >= 15 is 0 Å². The molecule has 3 aromatic rings. The molecular formula is C23H26N2O3S. The number of para-hydroxylation sites is 1. The number of hydrogen-bond donors (Lipinski definition) is 0. The summed E-state index contributed by atoms with van der Waals surface area (Å²) in [6.07, 6.45) is 4.18. The molecule has 1 fully saturated rings. The summed E-state index contributed by atoms with van der Waals surface area (Å²) in [4.78, 5) is 19.9. The normalized spacial score (nSPS) is 16.2. The Bertz CT molecular complexity index is 915. The standard InChI is InChI=1S/C23H26N2O3S/c1-2-3-14-27-18-12-10-17(11-13-18)22(26)25(16-19-7-6-15-28-19)23-24-20-8-4-5-9-21(20)29-23/h4-5,8-13,19H,2-3,6-7,14-16H2,1H3. The number of anilines is 1. The summed E-state index contributed by atoms with van der Waals surface area (Å²) in [5, 5.41) is 0.718. The molecule has 0 saturated carbocycles. The Hall–Kier alpha value is -2.44. The fourth-order valence-electron chi connectivity index (χ4n) is 3.40. The molecule has 2 aromatic carbocycles. The van der Waals surface area contributed by atoms with Crippen LogP contribution in [0.2, 0.25) is 0 Å². The number of ether oxygens (including phenoxy) is 2. The molecule has 1 amide bonds. The summed E-state index contributed by atoms with van der Waals surface area (Å²) < 4.78 is 12.6. The first-order valence-electron chi connectivity index (χ1n) is 10.3. The fraction of sp³-hybridized carbons (Fsp3) is 0.391. The molecule has 29 heavy (non-hydrogen) atoms. The van der Waals surface area contributed by atoms with Crippen molar-refractivity contribution in [1.82, 2.24) is 4.98 Å². The van der Waals surface area contributed by atoms with E-state index in [1.165, 1.54) is 0 Å². The number of aromatic nitrogens is 1. The van der Waals surface area contributed by atoms with E-state index in [0.717, 1.165) is 53.4 Å². The molecular weight excluding hydrogens is 384 g/mol. The molecule has 1 aliphatic heterocycles. The van der Waals surface area contributed by atoms with Gasteiger partial charge in [-0.05, 0) is 55.7 Å². The van der Waals surface area contributed by atoms with Gasteiger partial charge in [0.05, 0.1) is 29.5 Å². The number of carbonyl (C=O) groups excluding carboxylic acids is 1. The van der Waals surface area contributed by atoms with Gasteiger partial charge in [0.15, 0.2) is 5.13 Å². The third kappa shape index (κ3) is 4.77. The third-order valence-corrected chi connectivity index (χ3v) is 6.10. The average Bonchev–Trinajstić information content (AvgIpc) is 3.41. The van der Waals surface area contributed by atoms with E-state index in [2.05, 4.69) is 6.92 Å². The molecule has 0 N–H and O–H groups in total. The SMILES string of the molecule is CCCCOc1ccc(C(=O)N(CC2CCCO2)c2nc3ccccc3s2)cc1. The van der Waals surface area contributed by atoms with Gasteiger partial charge in [-0.2, -0.15) is 0 Å². The molecule has 6 heteroatoms. The van der Waals surface area contributed by atoms with E-state index in [9.17, 15) is 4.79 Å². The largest absolute Gasteiger partial charge is 0.494 e. The van der Waals surface area contributed by atoms with Crippen LogP contribution in [0.4, 0.5) is 5.13 Å². The van der Waals surface area contributed by atoms with Crippen molar-refractivity contribution in [3.8, 4) is 5.75 Å². The number of fused-ring (bicyclic) bond motifs is 1. The average molecular weight is 411 g/mol. The van der Waals surface area contributed by atoms with Crippen molar-refractivity contribution in [3.63, 3.8) is 0 Å². The van der Waals surface area contributed by atoms with E-state index in [4.69, 9.17) is 14.5 Å². The van der Waals surface area contributed by atoms with Crippen molar-refractivity contribution >= 4 is 32.6 Å². The molecule has 0 aliphatic carbocycles. The lowest BCUT2D eigenvalue weighted by Crippen LogP contribution is -2.37. The smallest absolute Gasteiger partial charge is 0.260 e. The third-order valence-electron chi connectivity index (χ3n) is 5.04. The summed E-state index contributed by atoms with van der Waals surface area (Å²) in [6.45, 7) is 4.11. The number of nitrogens with zero attached hydrogens (tertiary/aromatic N) is 2. The Morgan fingerprint density at radius 1 is 1.24 bits per heavy atom. The maximum atomic E-state index is 13.4. The summed E-state index contributed by atoms with van der Waals surface area (Å²) in [6, 6.07) is 15.4. The Morgan fingerprint density at radius 3 is 2.79 bits per heavy atom. The first kappa shape index (κ1) is 19.9. The summed E-state index contributed by atoms with van der Waals surface area (Å²) in [5.41, 5.74) is 1.54. The van der Waals surface area contributed by atoms with E-state index in [0.29, 0.717) is 18.7 Å². The van der Waals surface area contributed by atoms with Crippen LogP contribution in [0.3, 0.4) is 0 Å². The zero-order valence-corrected chi connectivity index (χ0v) is 17.5. The highest BCUT2D eigenvalue weighted by Crippen LogP contribution is 2.31. The van der Waals surface area contributed by atoms with Crippen molar-refractivity contribution in [1.29, 1.82) is 0 Å². The lowest BCUT2D eigenvalue weighted by molar-refractivity contribution is 0.0917. The van der Waals surface area contributed by atoms with E-state index in [1.807, 2.05) is 48.5 Å². The van der Waals surface area contributed by atoms with Gasteiger partial charge in [-0.1, -0.05) is 36.8 Å². The van der Waals surface area contributed by atoms with Crippen LogP contribution in [-0.2, 0) is 4.74 Å². The Balaban J connectivity index is 1.57. The highest BCUT2D eigenvalue weighted by atomic mass is 32.1. The van der Waals surface area contributed by atoms with Gasteiger partial charge in [0.1, 0.15) is 5.75 Å². The molecule has 1 aromatic heterocycles. The van der Waals surface area contributed by atoms with Crippen LogP contribution in [-0.4, -0.2) is 36.8 Å². The lowest BCUT2D eigenvalue weighted by atomic mass is 10.1. The van der Waals surface area contributed by atoms with Gasteiger partial charge in [0, 0.05) is 12.2 Å². The van der Waals surface area contributed by atoms with Gasteiger partial charge in [-0.25, -0.2) is 4.98 Å². The Kier molecular flexibility index (Phi) is 6.42. The first-order chi connectivity index (χ1) is 14.2. The molecule has 1 atom stereocenters. The van der Waals surface area contributed by atoms with Crippen LogP contribution in [0.1, 0.15) is 43.0 Å². The first-order valence-corrected chi connectivity index (χ1v) is 11.1. The van der Waals surface area contributed by atoms with Crippen molar-refractivity contribution < 1.29 is 14.3 Å². The second kappa shape index (κ2) is 9.37. The van der Waals surface area contributed by atoms with Crippen LogP contribution in [0, 0.1) is 0 Å². The summed E-state index contributed by atoms with van der Waals surface area (Å²) in [5.74, 6) is 0.736. The highest BCUT2D eigenvalue weighted by molar-refractivity contribution is 7.22. The van der Waals surface area contributed by atoms with Crippen LogP contribution in [0.15, 0.2) is 48.5 Å². The van der Waals surface area contributed by atoms with Crippen molar-refractivity contribution in [2.24, 2.45) is 0 Å². The fourth-order valence-corrected chi connectivity index (χ4v) is 4.37. The zero-order valence-electron chi connectivity index (χ0n) is 16.7. The van der Waals surface area contributed by atoms with Crippen molar-refractivity contribution in [2.45, 2.75) is 38.7 Å². The Morgan fingerprint density at radius 2 is 2.07 bits per heavy atom. The van der Waals surface area contributed by atoms with Gasteiger partial charge in [-0.3, -0.25) is 9.69 Å². The molecule has 0 bridgehead atoms. The molecule has 2 heterocycles. The Labute approximate surface area is 175 Å². The number of rotatable bonds is 8. The maximum absolute atomic E-state index is 13.4. The molecule has 1 aliphatic rings. The highest BCUT2D eigenvalue weighted by Gasteiger charge is 2.27. The minimum Gasteiger partial charge on any atom is -0.494 e. The quantitative estimate of drug-likeness (QED) is 0.473. The minimum absolute atomic E-state index is 0.0559. The van der Waals surface area contributed by atoms with Crippen LogP contribution in [0.5, 0.6) is 5.75 Å². The van der Waals surface area contributed by atoms with E-state index in [-0.39, 0.29) is 12.0 Å². The molecule has 152 valence electrons. The second-order valence-electron chi connectivity index (χ2n) is 7.24. The number of benzene rings is 2. The van der Waals surface area contributed by atoms with Crippen molar-refractivity contribution in [2.75, 3.05) is 24.7 Å². The number of amides is 1. The van der Waals surface area contributed by atoms with Gasteiger partial charge in [0.2, 0.25) is 0 Å². The lowest BCUT2D eigenvalue weighted by Gasteiger charge is -2.23. The zero-order chi connectivity index (χ0) is 20.1. The number of hydrogen-bond acceptors (Lipinski definition) is 5. The summed E-state index contributed by atoms with van der Waals surface area (Å²) in [7, 11) is 0. The number of unbranched alkanes of at least 4 members (excludes halogenated alkanes) is 1. The van der Waals surface area contributed by atoms with Gasteiger partial charge in [-0.15, -0.1) is 0 Å². The summed E-state index contributed by atoms with van der Waals surface area (Å²) >= 11 is 1.54. The number of thiazole rings is 1. The molecule has 0 spiro atoms. The van der Waals surface area contributed by atoms with E-state index in [1.54, 1.807) is 16.2 Å². The predicted octanol–water partition coefficient (Wildman–Crippen LogP) is 5.30. The van der Waals surface area contributed by atoms with Crippen LogP contribution < -0.4 is 9.64 Å². The van der Waals surface area contributed by atoms with Gasteiger partial charge < -0.3 is 9.47 Å². The van der Waals surface area contributed by atoms with E-state index < -0.39 is 0 Å². The molecule has 0 radical (unpaired) electrons. The molecule has 5 nitrogen and oxygen atoms in total. The minimum atomic E-state index is -0.0559. The molecule has 1 saturated heterocycles. The van der Waals surface area contributed by atoms with Crippen molar-refractivity contribution in [3.05, 3.63) is 54.1 Å². The van der Waals surface area contributed by atoms with Crippen LogP contribution in [0.25, 0.3) is 10.2 Å². The topological polar surface area (TPSA) is 51.7 Å². The molecule has 1 unspecified atom stereocenters. The van der Waals surface area contributed by atoms with Crippen LogP contribution >= 0.6 is 11.3 Å². The predicted molar refractivity (Wildman–Crippen MR) is 117 cm³/mol. The molecule has 4 rings (SSSR count). The number of carbonyl (C=O) groups is 1. The van der Waals surface area contributed by atoms with Gasteiger partial charge >= 0.3 is 0 Å². The maximum Gasteiger partial charge on any atom is 0.260 e. The second-order valence-corrected chi connectivity index (χ2v) is 8.25. The monoisotopic (exact) mass is 410 g/mol. The van der Waals surface area contributed by atoms with Gasteiger partial charge in [0.25, 0.3) is 5.91 Å².